The monoisotopic (exact) mass is 1040 g/mol. The van der Waals surface area contributed by atoms with Gasteiger partial charge in [-0.05, 0) is 157 Å². The standard InChI is InChI=1S/C23H25Cl.C23H24O.C21H26.3ClH/c2*1-17-8-5-12-20(16-17)23(24)15-6-9-18(2)21-14-7-11-19-10-3-4-13-22(19)21;1-16-9-7-13-20(15-16)12-6-5-10-18(3)21-14-8-11-17(2)19(21)4;;;/h3-5,7-8,10-14,16,18,23H,6,9,15H2,1-2H3;3-5,7-8,10-14,16,18H,6,9,15H2,1-2H3;6-9,11-15,18H,5,10H2,1-4H3;3*1H/b;;12-6+;;;/t18-,23?;2*18-;;;/m000.../s1. The Morgan fingerprint density at radius 1 is 0.486 bits per heavy atom. The number of hydrogen-bond acceptors (Lipinski definition) is 1. The summed E-state index contributed by atoms with van der Waals surface area (Å²) in [4.78, 5) is 12.3. The average molecular weight is 1040 g/mol. The molecule has 0 spiro atoms. The lowest BCUT2D eigenvalue weighted by Gasteiger charge is -2.16. The van der Waals surface area contributed by atoms with E-state index in [-0.39, 0.29) is 48.4 Å². The molecule has 0 bridgehead atoms. The Kier molecular flexibility index (Phi) is 26.7. The minimum Gasteiger partial charge on any atom is -0.294 e. The molecule has 0 fully saturated rings. The van der Waals surface area contributed by atoms with Crippen LogP contribution in [0.4, 0.5) is 0 Å². The van der Waals surface area contributed by atoms with Crippen LogP contribution in [-0.2, 0) is 0 Å². The second-order valence-corrected chi connectivity index (χ2v) is 20.0. The van der Waals surface area contributed by atoms with Gasteiger partial charge in [0.15, 0.2) is 5.78 Å². The maximum atomic E-state index is 12.3. The second kappa shape index (κ2) is 31.4. The molecule has 0 radical (unpaired) electrons. The third kappa shape index (κ3) is 18.4. The normalized spacial score (nSPS) is 12.4. The fourth-order valence-electron chi connectivity index (χ4n) is 9.64. The van der Waals surface area contributed by atoms with E-state index in [0.29, 0.717) is 24.2 Å². The van der Waals surface area contributed by atoms with Crippen LogP contribution >= 0.6 is 48.8 Å². The molecule has 0 aliphatic carbocycles. The zero-order valence-electron chi connectivity index (χ0n) is 43.9. The number of hydrogen-bond donors (Lipinski definition) is 0. The number of fused-ring (bicyclic) bond motifs is 2. The van der Waals surface area contributed by atoms with Crippen molar-refractivity contribution in [2.75, 3.05) is 0 Å². The Bertz CT molecular complexity index is 2910. The number of halogens is 4. The number of alkyl halides is 1. The number of aryl methyl sites for hydroxylation is 4. The molecular formula is C67H78Cl4O. The lowest BCUT2D eigenvalue weighted by Crippen LogP contribution is -2.01. The molecular weight excluding hydrogens is 963 g/mol. The second-order valence-electron chi connectivity index (χ2n) is 19.5. The maximum Gasteiger partial charge on any atom is 0.162 e. The number of Topliss-reactive ketones (excluding diaryl/α,β-unsaturated/α-hetero) is 1. The van der Waals surface area contributed by atoms with Gasteiger partial charge >= 0.3 is 0 Å². The van der Waals surface area contributed by atoms with E-state index in [0.717, 1.165) is 43.2 Å². The molecule has 4 atom stereocenters. The van der Waals surface area contributed by atoms with Gasteiger partial charge in [0, 0.05) is 12.0 Å². The Hall–Kier alpha value is -5.15. The van der Waals surface area contributed by atoms with E-state index in [4.69, 9.17) is 11.6 Å². The summed E-state index contributed by atoms with van der Waals surface area (Å²) in [7, 11) is 0. The molecule has 0 aromatic heterocycles. The number of ketones is 1. The van der Waals surface area contributed by atoms with E-state index < -0.39 is 0 Å². The van der Waals surface area contributed by atoms with Crippen molar-refractivity contribution in [3.63, 3.8) is 0 Å². The Balaban J connectivity index is 0.000000280. The highest BCUT2D eigenvalue weighted by Gasteiger charge is 2.14. The Morgan fingerprint density at radius 2 is 0.972 bits per heavy atom. The van der Waals surface area contributed by atoms with Crippen LogP contribution in [0.3, 0.4) is 0 Å². The lowest BCUT2D eigenvalue weighted by molar-refractivity contribution is 0.0978. The van der Waals surface area contributed by atoms with E-state index in [9.17, 15) is 4.79 Å². The van der Waals surface area contributed by atoms with E-state index >= 15 is 0 Å². The summed E-state index contributed by atoms with van der Waals surface area (Å²) in [5.74, 6) is 1.88. The molecule has 0 heterocycles. The number of rotatable bonds is 17. The number of carbonyl (C=O) groups excluding carboxylic acids is 1. The molecule has 8 rings (SSSR count). The van der Waals surface area contributed by atoms with Crippen LogP contribution in [0.2, 0.25) is 0 Å². The number of allylic oxidation sites excluding steroid dienone is 1. The van der Waals surface area contributed by atoms with E-state index in [2.05, 4.69) is 212 Å². The fraction of sp³-hybridized carbons (Fsp3) is 0.299. The van der Waals surface area contributed by atoms with Crippen LogP contribution in [0, 0.1) is 34.6 Å². The fourth-order valence-corrected chi connectivity index (χ4v) is 9.93. The van der Waals surface area contributed by atoms with Crippen LogP contribution in [0.15, 0.2) is 182 Å². The molecule has 8 aromatic carbocycles. The highest BCUT2D eigenvalue weighted by molar-refractivity contribution is 6.20. The predicted molar refractivity (Wildman–Crippen MR) is 323 cm³/mol. The maximum absolute atomic E-state index is 12.3. The van der Waals surface area contributed by atoms with Crippen LogP contribution in [0.25, 0.3) is 27.6 Å². The summed E-state index contributed by atoms with van der Waals surface area (Å²) in [6.45, 7) is 17.7. The molecule has 1 nitrogen and oxygen atoms in total. The van der Waals surface area contributed by atoms with Gasteiger partial charge < -0.3 is 0 Å². The molecule has 380 valence electrons. The van der Waals surface area contributed by atoms with Gasteiger partial charge in [-0.2, -0.15) is 0 Å². The summed E-state index contributed by atoms with van der Waals surface area (Å²) in [5, 5.41) is 5.45. The summed E-state index contributed by atoms with van der Waals surface area (Å²) >= 11 is 6.60. The van der Waals surface area contributed by atoms with Crippen LogP contribution in [-0.4, -0.2) is 5.78 Å². The topological polar surface area (TPSA) is 17.1 Å². The van der Waals surface area contributed by atoms with Crippen molar-refractivity contribution in [2.24, 2.45) is 0 Å². The highest BCUT2D eigenvalue weighted by atomic mass is 35.5. The predicted octanol–water partition coefficient (Wildman–Crippen LogP) is 21.2. The molecule has 0 amide bonds. The quantitative estimate of drug-likeness (QED) is 0.0656. The lowest BCUT2D eigenvalue weighted by atomic mass is 9.90. The first-order valence-electron chi connectivity index (χ1n) is 25.4. The van der Waals surface area contributed by atoms with Crippen molar-refractivity contribution < 1.29 is 4.79 Å². The summed E-state index contributed by atoms with van der Waals surface area (Å²) in [5.41, 5.74) is 14.3. The molecule has 72 heavy (non-hydrogen) atoms. The Labute approximate surface area is 457 Å². The molecule has 1 unspecified atom stereocenters. The first kappa shape index (κ1) is 61.2. The minimum atomic E-state index is 0. The molecule has 0 saturated heterocycles. The van der Waals surface area contributed by atoms with E-state index in [1.807, 2.05) is 31.2 Å². The van der Waals surface area contributed by atoms with E-state index in [1.165, 1.54) is 84.5 Å². The molecule has 8 aromatic rings. The van der Waals surface area contributed by atoms with Gasteiger partial charge in [-0.25, -0.2) is 0 Å². The number of carbonyl (C=O) groups is 1. The van der Waals surface area contributed by atoms with Gasteiger partial charge in [0.2, 0.25) is 0 Å². The van der Waals surface area contributed by atoms with Crippen LogP contribution in [0.5, 0.6) is 0 Å². The van der Waals surface area contributed by atoms with Crippen molar-refractivity contribution in [3.05, 3.63) is 243 Å². The first-order valence-corrected chi connectivity index (χ1v) is 25.9. The molecule has 5 heteroatoms. The zero-order valence-corrected chi connectivity index (χ0v) is 47.1. The van der Waals surface area contributed by atoms with Crippen molar-refractivity contribution in [2.45, 2.75) is 130 Å². The number of benzene rings is 8. The van der Waals surface area contributed by atoms with Gasteiger partial charge in [-0.1, -0.05) is 226 Å². The van der Waals surface area contributed by atoms with Gasteiger partial charge in [0.25, 0.3) is 0 Å². The van der Waals surface area contributed by atoms with Gasteiger partial charge in [0.05, 0.1) is 5.38 Å². The minimum absolute atomic E-state index is 0. The first-order chi connectivity index (χ1) is 33.4. The molecule has 0 saturated carbocycles. The molecule has 0 aliphatic rings. The molecule has 0 aliphatic heterocycles. The zero-order chi connectivity index (χ0) is 49.1. The van der Waals surface area contributed by atoms with Gasteiger partial charge in [-0.15, -0.1) is 48.8 Å². The summed E-state index contributed by atoms with van der Waals surface area (Å²) in [6, 6.07) is 62.1. The van der Waals surface area contributed by atoms with Crippen molar-refractivity contribution in [3.8, 4) is 0 Å². The van der Waals surface area contributed by atoms with Crippen LogP contribution in [0.1, 0.15) is 161 Å². The highest BCUT2D eigenvalue weighted by Crippen LogP contribution is 2.33. The Morgan fingerprint density at radius 3 is 1.57 bits per heavy atom. The van der Waals surface area contributed by atoms with Crippen LogP contribution < -0.4 is 0 Å². The third-order valence-electron chi connectivity index (χ3n) is 13.9. The van der Waals surface area contributed by atoms with E-state index in [1.54, 1.807) is 0 Å². The molecule has 0 N–H and O–H groups in total. The third-order valence-corrected chi connectivity index (χ3v) is 14.4. The summed E-state index contributed by atoms with van der Waals surface area (Å²) < 4.78 is 0. The SMILES string of the molecule is Cc1cccc(/C=C/CC[C@H](C)c2cccc(C)c2C)c1.Cc1cccc(C(=O)CCC[C@H](C)c2cccc3ccccc23)c1.Cc1cccc(C(Cl)CCC[C@H](C)c2cccc3ccccc23)c1.Cl.Cl.Cl. The van der Waals surface area contributed by atoms with Crippen molar-refractivity contribution in [1.82, 2.24) is 0 Å². The van der Waals surface area contributed by atoms with Crippen molar-refractivity contribution in [1.29, 1.82) is 0 Å². The van der Waals surface area contributed by atoms with Crippen molar-refractivity contribution >= 4 is 82.2 Å². The largest absolute Gasteiger partial charge is 0.294 e. The average Bonchev–Trinajstić information content (AvgIpc) is 3.36. The van der Waals surface area contributed by atoms with Gasteiger partial charge in [0.1, 0.15) is 0 Å². The van der Waals surface area contributed by atoms with Gasteiger partial charge in [-0.3, -0.25) is 4.79 Å². The summed E-state index contributed by atoms with van der Waals surface area (Å²) in [6.07, 6.45) is 12.8. The smallest absolute Gasteiger partial charge is 0.162 e.